The van der Waals surface area contributed by atoms with Crippen molar-refractivity contribution in [3.8, 4) is 0 Å². The summed E-state index contributed by atoms with van der Waals surface area (Å²) in [6.07, 6.45) is 5.76. The molecule has 0 aromatic heterocycles. The third-order valence-electron chi connectivity index (χ3n) is 4.30. The predicted octanol–water partition coefficient (Wildman–Crippen LogP) is 1.57. The van der Waals surface area contributed by atoms with Gasteiger partial charge >= 0.3 is 0 Å². The summed E-state index contributed by atoms with van der Waals surface area (Å²) in [5.74, 6) is 3.83. The average molecular weight is 226 g/mol. The highest BCUT2D eigenvalue weighted by molar-refractivity contribution is 7.99. The topological polar surface area (TPSA) is 15.3 Å². The summed E-state index contributed by atoms with van der Waals surface area (Å²) < 4.78 is 0. The van der Waals surface area contributed by atoms with Gasteiger partial charge in [-0.2, -0.15) is 11.8 Å². The second kappa shape index (κ2) is 4.64. The fourth-order valence-electron chi connectivity index (χ4n) is 3.40. The molecule has 2 bridgehead atoms. The van der Waals surface area contributed by atoms with Crippen LogP contribution < -0.4 is 5.32 Å². The lowest BCUT2D eigenvalue weighted by Gasteiger charge is -2.29. The number of nitrogens with one attached hydrogen (secondary N) is 1. The van der Waals surface area contributed by atoms with Gasteiger partial charge < -0.3 is 5.32 Å². The zero-order valence-electron chi connectivity index (χ0n) is 9.45. The summed E-state index contributed by atoms with van der Waals surface area (Å²) in [5.41, 5.74) is 0. The molecule has 3 fully saturated rings. The molecule has 0 radical (unpaired) electrons. The number of hydrogen-bond acceptors (Lipinski definition) is 3. The summed E-state index contributed by atoms with van der Waals surface area (Å²) in [4.78, 5) is 2.84. The average Bonchev–Trinajstić information content (AvgIpc) is 2.76. The molecular formula is C12H22N2S. The van der Waals surface area contributed by atoms with E-state index in [9.17, 15) is 0 Å². The molecule has 0 aromatic rings. The Labute approximate surface area is 97.2 Å². The van der Waals surface area contributed by atoms with Crippen molar-refractivity contribution in [3.05, 3.63) is 0 Å². The zero-order valence-corrected chi connectivity index (χ0v) is 10.3. The molecule has 3 aliphatic rings. The SMILES string of the molecule is C1CC2CCC(CN1)N2CC1CCSC1. The Morgan fingerprint density at radius 2 is 2.07 bits per heavy atom. The van der Waals surface area contributed by atoms with Gasteiger partial charge in [0.15, 0.2) is 0 Å². The van der Waals surface area contributed by atoms with Gasteiger partial charge in [0.1, 0.15) is 0 Å². The molecule has 3 rings (SSSR count). The first-order valence-electron chi connectivity index (χ1n) is 6.47. The van der Waals surface area contributed by atoms with Crippen LogP contribution in [0.5, 0.6) is 0 Å². The molecule has 15 heavy (non-hydrogen) atoms. The highest BCUT2D eigenvalue weighted by Crippen LogP contribution is 2.32. The normalized spacial score (nSPS) is 42.0. The van der Waals surface area contributed by atoms with Crippen molar-refractivity contribution in [1.82, 2.24) is 10.2 Å². The van der Waals surface area contributed by atoms with E-state index in [1.807, 2.05) is 0 Å². The Balaban J connectivity index is 1.63. The number of fused-ring (bicyclic) bond motifs is 2. The summed E-state index contributed by atoms with van der Waals surface area (Å²) in [5, 5.41) is 3.59. The minimum Gasteiger partial charge on any atom is -0.315 e. The minimum atomic E-state index is 0.864. The van der Waals surface area contributed by atoms with Gasteiger partial charge in [-0.3, -0.25) is 4.90 Å². The van der Waals surface area contributed by atoms with E-state index in [-0.39, 0.29) is 0 Å². The minimum absolute atomic E-state index is 0.864. The van der Waals surface area contributed by atoms with Crippen molar-refractivity contribution in [3.63, 3.8) is 0 Å². The van der Waals surface area contributed by atoms with Gasteiger partial charge in [-0.15, -0.1) is 0 Å². The van der Waals surface area contributed by atoms with Crippen molar-refractivity contribution in [1.29, 1.82) is 0 Å². The van der Waals surface area contributed by atoms with Crippen LogP contribution in [0.1, 0.15) is 25.7 Å². The predicted molar refractivity (Wildman–Crippen MR) is 66.4 cm³/mol. The van der Waals surface area contributed by atoms with Gasteiger partial charge in [-0.1, -0.05) is 0 Å². The fourth-order valence-corrected chi connectivity index (χ4v) is 4.68. The molecule has 0 amide bonds. The van der Waals surface area contributed by atoms with E-state index < -0.39 is 0 Å². The molecule has 3 saturated heterocycles. The van der Waals surface area contributed by atoms with E-state index in [0.29, 0.717) is 0 Å². The van der Waals surface area contributed by atoms with E-state index in [1.165, 1.54) is 56.8 Å². The van der Waals surface area contributed by atoms with Crippen LogP contribution in [0.2, 0.25) is 0 Å². The Bertz CT molecular complexity index is 202. The molecule has 0 spiro atoms. The van der Waals surface area contributed by atoms with Crippen molar-refractivity contribution < 1.29 is 0 Å². The first-order valence-corrected chi connectivity index (χ1v) is 7.63. The molecule has 3 heterocycles. The van der Waals surface area contributed by atoms with Crippen LogP contribution in [0.3, 0.4) is 0 Å². The van der Waals surface area contributed by atoms with Crippen LogP contribution >= 0.6 is 11.8 Å². The van der Waals surface area contributed by atoms with Crippen LogP contribution in [-0.4, -0.2) is 48.1 Å². The fraction of sp³-hybridized carbons (Fsp3) is 1.00. The molecule has 1 N–H and O–H groups in total. The molecule has 0 aliphatic carbocycles. The highest BCUT2D eigenvalue weighted by Gasteiger charge is 2.36. The Kier molecular flexibility index (Phi) is 3.23. The zero-order chi connectivity index (χ0) is 10.1. The number of rotatable bonds is 2. The highest BCUT2D eigenvalue weighted by atomic mass is 32.2. The molecule has 3 atom stereocenters. The van der Waals surface area contributed by atoms with Gasteiger partial charge in [-0.05, 0) is 49.7 Å². The Morgan fingerprint density at radius 3 is 2.93 bits per heavy atom. The van der Waals surface area contributed by atoms with Crippen molar-refractivity contribution in [2.24, 2.45) is 5.92 Å². The summed E-state index contributed by atoms with van der Waals surface area (Å²) in [6, 6.07) is 1.78. The van der Waals surface area contributed by atoms with Crippen LogP contribution in [0.4, 0.5) is 0 Å². The van der Waals surface area contributed by atoms with Crippen molar-refractivity contribution in [2.45, 2.75) is 37.8 Å². The van der Waals surface area contributed by atoms with E-state index >= 15 is 0 Å². The van der Waals surface area contributed by atoms with E-state index in [2.05, 4.69) is 22.0 Å². The van der Waals surface area contributed by atoms with Crippen LogP contribution in [-0.2, 0) is 0 Å². The molecule has 86 valence electrons. The molecule has 3 heteroatoms. The summed E-state index contributed by atoms with van der Waals surface area (Å²) in [6.45, 7) is 3.89. The monoisotopic (exact) mass is 226 g/mol. The molecule has 3 unspecified atom stereocenters. The molecule has 3 aliphatic heterocycles. The lowest BCUT2D eigenvalue weighted by atomic mass is 10.1. The maximum Gasteiger partial charge on any atom is 0.0224 e. The van der Waals surface area contributed by atoms with Gasteiger partial charge in [0.25, 0.3) is 0 Å². The van der Waals surface area contributed by atoms with Crippen molar-refractivity contribution in [2.75, 3.05) is 31.1 Å². The Morgan fingerprint density at radius 1 is 1.13 bits per heavy atom. The lowest BCUT2D eigenvalue weighted by Crippen LogP contribution is -2.41. The van der Waals surface area contributed by atoms with Gasteiger partial charge in [-0.25, -0.2) is 0 Å². The van der Waals surface area contributed by atoms with E-state index in [1.54, 1.807) is 0 Å². The van der Waals surface area contributed by atoms with Gasteiger partial charge in [0, 0.05) is 25.2 Å². The van der Waals surface area contributed by atoms with E-state index in [4.69, 9.17) is 0 Å². The Hall–Kier alpha value is 0.270. The first kappa shape index (κ1) is 10.4. The quantitative estimate of drug-likeness (QED) is 0.769. The maximum absolute atomic E-state index is 3.59. The van der Waals surface area contributed by atoms with Crippen LogP contribution in [0, 0.1) is 5.92 Å². The molecule has 2 nitrogen and oxygen atoms in total. The lowest BCUT2D eigenvalue weighted by molar-refractivity contribution is 0.177. The largest absolute Gasteiger partial charge is 0.315 e. The van der Waals surface area contributed by atoms with E-state index in [0.717, 1.165) is 18.0 Å². The molecule has 0 saturated carbocycles. The van der Waals surface area contributed by atoms with Crippen LogP contribution in [0.15, 0.2) is 0 Å². The molecular weight excluding hydrogens is 204 g/mol. The molecule has 0 aromatic carbocycles. The second-order valence-electron chi connectivity index (χ2n) is 5.30. The maximum atomic E-state index is 3.59. The number of hydrogen-bond donors (Lipinski definition) is 1. The standard InChI is InChI=1S/C12H22N2S/c1-2-12-7-13-5-3-11(1)14(12)8-10-4-6-15-9-10/h10-13H,1-9H2. The summed E-state index contributed by atoms with van der Waals surface area (Å²) in [7, 11) is 0. The third kappa shape index (κ3) is 2.20. The smallest absolute Gasteiger partial charge is 0.0224 e. The number of nitrogens with zero attached hydrogens (tertiary/aromatic N) is 1. The van der Waals surface area contributed by atoms with Gasteiger partial charge in [0.05, 0.1) is 0 Å². The van der Waals surface area contributed by atoms with Crippen LogP contribution in [0.25, 0.3) is 0 Å². The van der Waals surface area contributed by atoms with Gasteiger partial charge in [0.2, 0.25) is 0 Å². The summed E-state index contributed by atoms with van der Waals surface area (Å²) >= 11 is 2.16. The van der Waals surface area contributed by atoms with Crippen molar-refractivity contribution >= 4 is 11.8 Å². The second-order valence-corrected chi connectivity index (χ2v) is 6.45. The first-order chi connectivity index (χ1) is 7.43. The number of thioether (sulfide) groups is 1. The third-order valence-corrected chi connectivity index (χ3v) is 5.53.